The fourth-order valence-electron chi connectivity index (χ4n) is 1.36. The van der Waals surface area contributed by atoms with Crippen molar-refractivity contribution < 1.29 is 22.7 Å². The number of amides is 1. The molecule has 0 aromatic heterocycles. The van der Waals surface area contributed by atoms with E-state index >= 15 is 0 Å². The maximum atomic E-state index is 12.8. The first kappa shape index (κ1) is 14.1. The summed E-state index contributed by atoms with van der Waals surface area (Å²) in [5.41, 5.74) is -0.857. The SMILES string of the molecule is C=CC(=O)NCc1ccc(OC)cc1C(F)(F)F. The van der Waals surface area contributed by atoms with Gasteiger partial charge in [0.1, 0.15) is 5.75 Å². The van der Waals surface area contributed by atoms with E-state index in [-0.39, 0.29) is 17.9 Å². The van der Waals surface area contributed by atoms with Gasteiger partial charge in [-0.25, -0.2) is 0 Å². The van der Waals surface area contributed by atoms with Crippen LogP contribution >= 0.6 is 0 Å². The number of methoxy groups -OCH3 is 1. The Hall–Kier alpha value is -1.98. The van der Waals surface area contributed by atoms with Gasteiger partial charge < -0.3 is 10.1 Å². The molecule has 3 nitrogen and oxygen atoms in total. The van der Waals surface area contributed by atoms with Crippen molar-refractivity contribution in [3.63, 3.8) is 0 Å². The molecule has 0 heterocycles. The maximum Gasteiger partial charge on any atom is 0.416 e. The summed E-state index contributed by atoms with van der Waals surface area (Å²) in [7, 11) is 1.29. The number of hydrogen-bond acceptors (Lipinski definition) is 2. The number of ether oxygens (including phenoxy) is 1. The Kier molecular flexibility index (Phi) is 4.36. The topological polar surface area (TPSA) is 38.3 Å². The zero-order chi connectivity index (χ0) is 13.8. The quantitative estimate of drug-likeness (QED) is 0.844. The Morgan fingerprint density at radius 3 is 2.67 bits per heavy atom. The van der Waals surface area contributed by atoms with Gasteiger partial charge in [-0.15, -0.1) is 0 Å². The second-order valence-corrected chi connectivity index (χ2v) is 3.44. The van der Waals surface area contributed by atoms with Crippen LogP contribution in [0.25, 0.3) is 0 Å². The van der Waals surface area contributed by atoms with Gasteiger partial charge in [-0.2, -0.15) is 13.2 Å². The van der Waals surface area contributed by atoms with E-state index in [2.05, 4.69) is 11.9 Å². The van der Waals surface area contributed by atoms with Crippen molar-refractivity contribution in [3.05, 3.63) is 42.0 Å². The van der Waals surface area contributed by atoms with Crippen molar-refractivity contribution in [2.75, 3.05) is 7.11 Å². The van der Waals surface area contributed by atoms with Crippen molar-refractivity contribution in [1.29, 1.82) is 0 Å². The van der Waals surface area contributed by atoms with Crippen LogP contribution in [-0.4, -0.2) is 13.0 Å². The molecule has 1 aromatic carbocycles. The highest BCUT2D eigenvalue weighted by Crippen LogP contribution is 2.34. The van der Waals surface area contributed by atoms with Crippen molar-refractivity contribution in [2.24, 2.45) is 0 Å². The van der Waals surface area contributed by atoms with Crippen LogP contribution in [0.1, 0.15) is 11.1 Å². The number of carbonyl (C=O) groups excluding carboxylic acids is 1. The van der Waals surface area contributed by atoms with Crippen LogP contribution in [0.4, 0.5) is 13.2 Å². The van der Waals surface area contributed by atoms with Crippen molar-refractivity contribution in [2.45, 2.75) is 12.7 Å². The molecule has 0 aliphatic heterocycles. The number of hydrogen-bond donors (Lipinski definition) is 1. The largest absolute Gasteiger partial charge is 0.497 e. The summed E-state index contributed by atoms with van der Waals surface area (Å²) in [6.45, 7) is 3.00. The zero-order valence-electron chi connectivity index (χ0n) is 9.67. The van der Waals surface area contributed by atoms with Gasteiger partial charge in [-0.3, -0.25) is 4.79 Å². The van der Waals surface area contributed by atoms with Crippen molar-refractivity contribution >= 4 is 5.91 Å². The molecule has 1 amide bonds. The van der Waals surface area contributed by atoms with Gasteiger partial charge in [0.15, 0.2) is 0 Å². The van der Waals surface area contributed by atoms with Gasteiger partial charge in [0.05, 0.1) is 12.7 Å². The minimum Gasteiger partial charge on any atom is -0.497 e. The number of benzene rings is 1. The molecule has 6 heteroatoms. The second-order valence-electron chi connectivity index (χ2n) is 3.44. The van der Waals surface area contributed by atoms with Crippen molar-refractivity contribution in [1.82, 2.24) is 5.32 Å². The van der Waals surface area contributed by atoms with Crippen LogP contribution in [0.2, 0.25) is 0 Å². The van der Waals surface area contributed by atoms with Gasteiger partial charge in [0.25, 0.3) is 0 Å². The molecular formula is C12H12F3NO2. The lowest BCUT2D eigenvalue weighted by Crippen LogP contribution is -2.22. The minimum atomic E-state index is -4.50. The molecule has 0 fully saturated rings. The van der Waals surface area contributed by atoms with Crippen LogP contribution in [0, 0.1) is 0 Å². The molecule has 0 saturated carbocycles. The molecule has 0 radical (unpaired) electrons. The predicted molar refractivity (Wildman–Crippen MR) is 60.0 cm³/mol. The van der Waals surface area contributed by atoms with E-state index in [1.165, 1.54) is 19.2 Å². The predicted octanol–water partition coefficient (Wildman–Crippen LogP) is 2.52. The fraction of sp³-hybridized carbons (Fsp3) is 0.250. The third-order valence-corrected chi connectivity index (χ3v) is 2.26. The Morgan fingerprint density at radius 2 is 2.17 bits per heavy atom. The number of halogens is 3. The molecule has 0 saturated heterocycles. The first-order chi connectivity index (χ1) is 8.38. The lowest BCUT2D eigenvalue weighted by atomic mass is 10.1. The summed E-state index contributed by atoms with van der Waals surface area (Å²) in [6, 6.07) is 3.57. The number of nitrogens with one attached hydrogen (secondary N) is 1. The molecule has 1 N–H and O–H groups in total. The third kappa shape index (κ3) is 3.51. The summed E-state index contributed by atoms with van der Waals surface area (Å²) in [6.07, 6.45) is -3.50. The molecule has 0 aliphatic carbocycles. The van der Waals surface area contributed by atoms with E-state index in [9.17, 15) is 18.0 Å². The summed E-state index contributed by atoms with van der Waals surface area (Å²) in [5.74, 6) is -0.417. The third-order valence-electron chi connectivity index (χ3n) is 2.26. The highest BCUT2D eigenvalue weighted by molar-refractivity contribution is 5.86. The Bertz CT molecular complexity index is 455. The molecule has 1 aromatic rings. The van der Waals surface area contributed by atoms with E-state index in [1.54, 1.807) is 0 Å². The van der Waals surface area contributed by atoms with Gasteiger partial charge in [0.2, 0.25) is 5.91 Å². The number of carbonyl (C=O) groups is 1. The molecular weight excluding hydrogens is 247 g/mol. The minimum absolute atomic E-state index is 0.0292. The number of alkyl halides is 3. The molecule has 1 rings (SSSR count). The van der Waals surface area contributed by atoms with Gasteiger partial charge in [-0.05, 0) is 23.8 Å². The van der Waals surface area contributed by atoms with E-state index in [0.29, 0.717) is 0 Å². The standard InChI is InChI=1S/C12H12F3NO2/c1-3-11(17)16-7-8-4-5-9(18-2)6-10(8)12(13,14)15/h3-6H,1,7H2,2H3,(H,16,17). The first-order valence-corrected chi connectivity index (χ1v) is 5.03. The summed E-state index contributed by atoms with van der Waals surface area (Å²) >= 11 is 0. The average molecular weight is 259 g/mol. The monoisotopic (exact) mass is 259 g/mol. The van der Waals surface area contributed by atoms with E-state index in [1.807, 2.05) is 0 Å². The van der Waals surface area contributed by atoms with Crippen LogP contribution in [0.3, 0.4) is 0 Å². The summed E-state index contributed by atoms with van der Waals surface area (Å²) in [5, 5.41) is 2.30. The molecule has 0 unspecified atom stereocenters. The molecule has 0 aliphatic rings. The first-order valence-electron chi connectivity index (χ1n) is 5.03. The van der Waals surface area contributed by atoms with Crippen LogP contribution in [-0.2, 0) is 17.5 Å². The molecule has 98 valence electrons. The summed E-state index contributed by atoms with van der Waals surface area (Å²) in [4.78, 5) is 10.9. The zero-order valence-corrected chi connectivity index (χ0v) is 9.67. The molecule has 0 atom stereocenters. The van der Waals surface area contributed by atoms with Crippen LogP contribution in [0.15, 0.2) is 30.9 Å². The fourth-order valence-corrected chi connectivity index (χ4v) is 1.36. The Labute approximate surface area is 102 Å². The molecule has 18 heavy (non-hydrogen) atoms. The number of rotatable bonds is 4. The normalized spacial score (nSPS) is 10.9. The van der Waals surface area contributed by atoms with E-state index in [0.717, 1.165) is 12.1 Å². The maximum absolute atomic E-state index is 12.8. The average Bonchev–Trinajstić information content (AvgIpc) is 2.34. The Morgan fingerprint density at radius 1 is 1.50 bits per heavy atom. The van der Waals surface area contributed by atoms with Crippen LogP contribution in [0.5, 0.6) is 5.75 Å². The van der Waals surface area contributed by atoms with Gasteiger partial charge in [-0.1, -0.05) is 12.6 Å². The molecule has 0 spiro atoms. The highest BCUT2D eigenvalue weighted by atomic mass is 19.4. The smallest absolute Gasteiger partial charge is 0.416 e. The van der Waals surface area contributed by atoms with Gasteiger partial charge in [0, 0.05) is 6.54 Å². The highest BCUT2D eigenvalue weighted by Gasteiger charge is 2.33. The second kappa shape index (κ2) is 5.57. The summed E-state index contributed by atoms with van der Waals surface area (Å²) < 4.78 is 43.1. The lowest BCUT2D eigenvalue weighted by Gasteiger charge is -2.14. The Balaban J connectivity index is 3.03. The van der Waals surface area contributed by atoms with E-state index in [4.69, 9.17) is 4.74 Å². The molecule has 0 bridgehead atoms. The lowest BCUT2D eigenvalue weighted by molar-refractivity contribution is -0.138. The van der Waals surface area contributed by atoms with Gasteiger partial charge >= 0.3 is 6.18 Å². The van der Waals surface area contributed by atoms with Crippen molar-refractivity contribution in [3.8, 4) is 5.75 Å². The van der Waals surface area contributed by atoms with Crippen LogP contribution < -0.4 is 10.1 Å². The van der Waals surface area contributed by atoms with E-state index < -0.39 is 17.6 Å².